The van der Waals surface area contributed by atoms with Crippen LogP contribution in [0.25, 0.3) is 22.2 Å². The molecule has 2 aromatic heterocycles. The minimum Gasteiger partial charge on any atom is -0.277 e. The number of hydrogen-bond donors (Lipinski definition) is 2. The molecule has 0 radical (unpaired) electrons. The third kappa shape index (κ3) is 3.75. The van der Waals surface area contributed by atoms with Gasteiger partial charge in [-0.3, -0.25) is 14.9 Å². The maximum Gasteiger partial charge on any atom is 0.272 e. The number of aromatic nitrogens is 3. The van der Waals surface area contributed by atoms with Gasteiger partial charge >= 0.3 is 0 Å². The topological polar surface area (TPSA) is 83.0 Å². The van der Waals surface area contributed by atoms with Crippen molar-refractivity contribution in [1.29, 1.82) is 0 Å². The van der Waals surface area contributed by atoms with E-state index < -0.39 is 0 Å². The molecule has 0 aliphatic heterocycles. The van der Waals surface area contributed by atoms with Crippen molar-refractivity contribution < 1.29 is 9.18 Å². The number of nitrogens with zero attached hydrogens (tertiary/aromatic N) is 3. The number of benzene rings is 2. The van der Waals surface area contributed by atoms with E-state index in [9.17, 15) is 9.18 Å². The van der Waals surface area contributed by atoms with Crippen molar-refractivity contribution >= 4 is 23.0 Å². The lowest BCUT2D eigenvalue weighted by Crippen LogP contribution is -2.18. The van der Waals surface area contributed by atoms with Gasteiger partial charge in [0.1, 0.15) is 5.82 Å². The van der Waals surface area contributed by atoms with Crippen LogP contribution in [0.3, 0.4) is 0 Å². The van der Waals surface area contributed by atoms with Crippen LogP contribution in [0.4, 0.5) is 4.39 Å². The molecular formula is C22H18FN5O. The predicted octanol–water partition coefficient (Wildman–Crippen LogP) is 4.14. The summed E-state index contributed by atoms with van der Waals surface area (Å²) in [5.74, 6) is -0.639. The molecule has 144 valence electrons. The molecule has 4 aromatic rings. The molecule has 4 rings (SSSR count). The molecule has 2 aromatic carbocycles. The molecule has 0 unspecified atom stereocenters. The van der Waals surface area contributed by atoms with Gasteiger partial charge in [0.2, 0.25) is 0 Å². The van der Waals surface area contributed by atoms with Gasteiger partial charge in [-0.2, -0.15) is 10.2 Å². The fraction of sp³-hybridized carbons (Fsp3) is 0.0909. The molecule has 29 heavy (non-hydrogen) atoms. The van der Waals surface area contributed by atoms with Crippen molar-refractivity contribution in [3.8, 4) is 11.3 Å². The van der Waals surface area contributed by atoms with Crippen molar-refractivity contribution in [2.75, 3.05) is 0 Å². The van der Waals surface area contributed by atoms with Crippen LogP contribution in [-0.2, 0) is 0 Å². The molecule has 0 aliphatic carbocycles. The molecule has 0 saturated carbocycles. The monoisotopic (exact) mass is 387 g/mol. The number of carbonyl (C=O) groups excluding carboxylic acids is 1. The van der Waals surface area contributed by atoms with Crippen LogP contribution in [0.1, 0.15) is 27.2 Å². The summed E-state index contributed by atoms with van der Waals surface area (Å²) in [6.07, 6.45) is 3.09. The molecule has 0 fully saturated rings. The number of pyridine rings is 1. The summed E-state index contributed by atoms with van der Waals surface area (Å²) in [6.45, 7) is 3.82. The van der Waals surface area contributed by atoms with Gasteiger partial charge in [0.25, 0.3) is 5.91 Å². The van der Waals surface area contributed by atoms with Gasteiger partial charge in [-0.25, -0.2) is 9.82 Å². The zero-order chi connectivity index (χ0) is 20.4. The van der Waals surface area contributed by atoms with Gasteiger partial charge in [-0.05, 0) is 49.7 Å². The lowest BCUT2D eigenvalue weighted by atomic mass is 10.0. The van der Waals surface area contributed by atoms with E-state index in [-0.39, 0.29) is 11.7 Å². The van der Waals surface area contributed by atoms with E-state index in [4.69, 9.17) is 0 Å². The van der Waals surface area contributed by atoms with Crippen molar-refractivity contribution in [3.05, 3.63) is 82.9 Å². The first-order valence-electron chi connectivity index (χ1n) is 9.02. The molecule has 0 spiro atoms. The third-order valence-corrected chi connectivity index (χ3v) is 4.59. The lowest BCUT2D eigenvalue weighted by molar-refractivity contribution is 0.0956. The molecule has 2 N–H and O–H groups in total. The first-order valence-corrected chi connectivity index (χ1v) is 9.02. The second-order valence-corrected chi connectivity index (χ2v) is 6.69. The zero-order valence-electron chi connectivity index (χ0n) is 15.9. The summed E-state index contributed by atoms with van der Waals surface area (Å²) < 4.78 is 13.1. The Labute approximate surface area is 166 Å². The van der Waals surface area contributed by atoms with Crippen molar-refractivity contribution in [2.24, 2.45) is 5.10 Å². The third-order valence-electron chi connectivity index (χ3n) is 4.59. The van der Waals surface area contributed by atoms with E-state index in [1.807, 2.05) is 32.0 Å². The average molecular weight is 387 g/mol. The normalized spacial score (nSPS) is 11.3. The number of aryl methyl sites for hydroxylation is 2. The van der Waals surface area contributed by atoms with Gasteiger partial charge in [0.05, 0.1) is 29.2 Å². The molecule has 0 aliphatic rings. The SMILES string of the molecule is Cc1cc(C(=O)NN=Cc2cn[nH]c2-c2ccc(F)cc2)c2cccc(C)c2n1. The smallest absolute Gasteiger partial charge is 0.272 e. The van der Waals surface area contributed by atoms with Crippen LogP contribution in [0.5, 0.6) is 0 Å². The predicted molar refractivity (Wildman–Crippen MR) is 110 cm³/mol. The van der Waals surface area contributed by atoms with E-state index >= 15 is 0 Å². The Morgan fingerprint density at radius 3 is 2.76 bits per heavy atom. The van der Waals surface area contributed by atoms with Crippen LogP contribution in [-0.4, -0.2) is 27.3 Å². The second-order valence-electron chi connectivity index (χ2n) is 6.69. The maximum atomic E-state index is 13.1. The number of nitrogens with one attached hydrogen (secondary N) is 2. The van der Waals surface area contributed by atoms with Crippen LogP contribution in [0.15, 0.2) is 59.8 Å². The maximum absolute atomic E-state index is 13.1. The summed E-state index contributed by atoms with van der Waals surface area (Å²) >= 11 is 0. The highest BCUT2D eigenvalue weighted by atomic mass is 19.1. The fourth-order valence-electron chi connectivity index (χ4n) is 3.17. The Bertz CT molecular complexity index is 1230. The van der Waals surface area contributed by atoms with E-state index in [1.165, 1.54) is 18.3 Å². The number of halogens is 1. The van der Waals surface area contributed by atoms with Crippen molar-refractivity contribution in [2.45, 2.75) is 13.8 Å². The number of para-hydroxylation sites is 1. The van der Waals surface area contributed by atoms with Crippen LogP contribution in [0, 0.1) is 19.7 Å². The number of H-pyrrole nitrogens is 1. The quantitative estimate of drug-likeness (QED) is 0.408. The first-order chi connectivity index (χ1) is 14.0. The summed E-state index contributed by atoms with van der Waals surface area (Å²) in [6, 6.07) is 13.5. The fourth-order valence-corrected chi connectivity index (χ4v) is 3.17. The molecule has 1 amide bonds. The highest BCUT2D eigenvalue weighted by Crippen LogP contribution is 2.22. The number of hydrazone groups is 1. The molecule has 0 saturated heterocycles. The lowest BCUT2D eigenvalue weighted by Gasteiger charge is -2.08. The van der Waals surface area contributed by atoms with Crippen molar-refractivity contribution in [3.63, 3.8) is 0 Å². The largest absolute Gasteiger partial charge is 0.277 e. The minimum atomic E-state index is -0.325. The first kappa shape index (κ1) is 18.5. The molecule has 2 heterocycles. The highest BCUT2D eigenvalue weighted by Gasteiger charge is 2.13. The van der Waals surface area contributed by atoms with E-state index in [0.717, 1.165) is 27.7 Å². The number of fused-ring (bicyclic) bond motifs is 1. The van der Waals surface area contributed by atoms with Crippen molar-refractivity contribution in [1.82, 2.24) is 20.6 Å². The summed E-state index contributed by atoms with van der Waals surface area (Å²) in [7, 11) is 0. The average Bonchev–Trinajstić information content (AvgIpc) is 3.17. The number of rotatable bonds is 4. The number of carbonyl (C=O) groups is 1. The Kier molecular flexibility index (Phi) is 4.87. The summed E-state index contributed by atoms with van der Waals surface area (Å²) in [5, 5.41) is 11.7. The van der Waals surface area contributed by atoms with Crippen LogP contribution in [0.2, 0.25) is 0 Å². The Balaban J connectivity index is 1.58. The molecule has 0 atom stereocenters. The highest BCUT2D eigenvalue weighted by molar-refractivity contribution is 6.07. The van der Waals surface area contributed by atoms with Crippen LogP contribution < -0.4 is 5.43 Å². The summed E-state index contributed by atoms with van der Waals surface area (Å²) in [5.41, 5.74) is 7.76. The Morgan fingerprint density at radius 1 is 1.17 bits per heavy atom. The van der Waals surface area contributed by atoms with Gasteiger partial charge in [0, 0.05) is 22.2 Å². The second kappa shape index (κ2) is 7.63. The van der Waals surface area contributed by atoms with Crippen LogP contribution >= 0.6 is 0 Å². The van der Waals surface area contributed by atoms with E-state index in [2.05, 4.69) is 25.7 Å². The van der Waals surface area contributed by atoms with E-state index in [0.29, 0.717) is 16.8 Å². The summed E-state index contributed by atoms with van der Waals surface area (Å²) in [4.78, 5) is 17.3. The Hall–Kier alpha value is -3.87. The van der Waals surface area contributed by atoms with E-state index in [1.54, 1.807) is 24.4 Å². The standard InChI is InChI=1S/C22H18FN5O/c1-13-4-3-5-18-19(10-14(2)26-20(13)18)22(29)28-25-12-16-11-24-27-21(16)15-6-8-17(23)9-7-15/h3-12H,1-2H3,(H,24,27)(H,28,29). The minimum absolute atomic E-state index is 0.314. The van der Waals surface area contributed by atoms with Gasteiger partial charge in [0.15, 0.2) is 0 Å². The van der Waals surface area contributed by atoms with Gasteiger partial charge in [-0.1, -0.05) is 18.2 Å². The van der Waals surface area contributed by atoms with Gasteiger partial charge < -0.3 is 0 Å². The molecule has 6 nitrogen and oxygen atoms in total. The number of aromatic amines is 1. The molecular weight excluding hydrogens is 369 g/mol. The molecule has 7 heteroatoms. The number of amides is 1. The zero-order valence-corrected chi connectivity index (χ0v) is 15.9. The number of hydrogen-bond acceptors (Lipinski definition) is 4. The Morgan fingerprint density at radius 2 is 1.97 bits per heavy atom. The van der Waals surface area contributed by atoms with Gasteiger partial charge in [-0.15, -0.1) is 0 Å². The molecule has 0 bridgehead atoms.